The van der Waals surface area contributed by atoms with Gasteiger partial charge in [0.1, 0.15) is 0 Å². The van der Waals surface area contributed by atoms with Gasteiger partial charge in [0.05, 0.1) is 10.5 Å². The number of carbonyl (C=O) groups excluding carboxylic acids is 1. The summed E-state index contributed by atoms with van der Waals surface area (Å²) in [5.74, 6) is 1.47. The standard InChI is InChI=1S/C13H17BrN2O3/c1-3-15-13(17)8(2)16-6-9-4-10(14)12-11(5-9)18-7-19-12/h4-5,8,16H,3,6-7H2,1-2H3,(H,15,17). The van der Waals surface area contributed by atoms with Crippen LogP contribution in [0, 0.1) is 0 Å². The number of halogens is 1. The summed E-state index contributed by atoms with van der Waals surface area (Å²) in [5, 5.41) is 5.95. The Balaban J connectivity index is 1.97. The molecule has 1 heterocycles. The average Bonchev–Trinajstić information content (AvgIpc) is 2.85. The summed E-state index contributed by atoms with van der Waals surface area (Å²) in [6.07, 6.45) is 0. The maximum atomic E-state index is 11.6. The first-order chi connectivity index (χ1) is 9.11. The molecule has 5 nitrogen and oxygen atoms in total. The average molecular weight is 329 g/mol. The van der Waals surface area contributed by atoms with Gasteiger partial charge in [-0.1, -0.05) is 0 Å². The smallest absolute Gasteiger partial charge is 0.236 e. The zero-order valence-corrected chi connectivity index (χ0v) is 12.5. The van der Waals surface area contributed by atoms with Crippen molar-refractivity contribution >= 4 is 21.8 Å². The second-order valence-electron chi connectivity index (χ2n) is 4.31. The molecule has 0 saturated carbocycles. The molecule has 0 aromatic heterocycles. The van der Waals surface area contributed by atoms with E-state index in [1.165, 1.54) is 0 Å². The van der Waals surface area contributed by atoms with Gasteiger partial charge in [-0.25, -0.2) is 0 Å². The van der Waals surface area contributed by atoms with E-state index in [9.17, 15) is 4.79 Å². The highest BCUT2D eigenvalue weighted by molar-refractivity contribution is 9.10. The number of fused-ring (bicyclic) bond motifs is 1. The summed E-state index contributed by atoms with van der Waals surface area (Å²) < 4.78 is 11.5. The van der Waals surface area contributed by atoms with Gasteiger partial charge in [0.2, 0.25) is 12.7 Å². The van der Waals surface area contributed by atoms with Crippen LogP contribution in [0.5, 0.6) is 11.5 Å². The Morgan fingerprint density at radius 2 is 2.26 bits per heavy atom. The van der Waals surface area contributed by atoms with E-state index in [2.05, 4.69) is 26.6 Å². The number of rotatable bonds is 5. The molecule has 0 bridgehead atoms. The molecule has 0 radical (unpaired) electrons. The molecule has 1 atom stereocenters. The normalized spacial score (nSPS) is 14.3. The molecule has 2 rings (SSSR count). The maximum absolute atomic E-state index is 11.6. The fraction of sp³-hybridized carbons (Fsp3) is 0.462. The van der Waals surface area contributed by atoms with Gasteiger partial charge in [0, 0.05) is 13.1 Å². The fourth-order valence-corrected chi connectivity index (χ4v) is 2.42. The number of hydrogen-bond acceptors (Lipinski definition) is 4. The quantitative estimate of drug-likeness (QED) is 0.865. The summed E-state index contributed by atoms with van der Waals surface area (Å²) in [5.41, 5.74) is 1.03. The van der Waals surface area contributed by atoms with Gasteiger partial charge in [-0.15, -0.1) is 0 Å². The molecule has 1 aliphatic heterocycles. The molecule has 0 spiro atoms. The Morgan fingerprint density at radius 3 is 3.00 bits per heavy atom. The molecule has 19 heavy (non-hydrogen) atoms. The molecule has 1 aromatic carbocycles. The van der Waals surface area contributed by atoms with Crippen LogP contribution in [0.15, 0.2) is 16.6 Å². The van der Waals surface area contributed by atoms with Crippen molar-refractivity contribution in [3.05, 3.63) is 22.2 Å². The molecule has 1 aromatic rings. The molecule has 2 N–H and O–H groups in total. The van der Waals surface area contributed by atoms with Gasteiger partial charge in [0.15, 0.2) is 11.5 Å². The molecule has 0 saturated heterocycles. The van der Waals surface area contributed by atoms with E-state index in [0.717, 1.165) is 21.5 Å². The molecule has 6 heteroatoms. The zero-order valence-electron chi connectivity index (χ0n) is 11.0. The highest BCUT2D eigenvalue weighted by atomic mass is 79.9. The lowest BCUT2D eigenvalue weighted by Gasteiger charge is -2.13. The summed E-state index contributed by atoms with van der Waals surface area (Å²) >= 11 is 3.45. The van der Waals surface area contributed by atoms with Crippen molar-refractivity contribution in [1.82, 2.24) is 10.6 Å². The molecule has 1 aliphatic rings. The number of nitrogens with one attached hydrogen (secondary N) is 2. The third kappa shape index (κ3) is 3.39. The zero-order chi connectivity index (χ0) is 13.8. The summed E-state index contributed by atoms with van der Waals surface area (Å²) in [6, 6.07) is 3.65. The van der Waals surface area contributed by atoms with Gasteiger partial charge in [-0.05, 0) is 47.5 Å². The monoisotopic (exact) mass is 328 g/mol. The van der Waals surface area contributed by atoms with Gasteiger partial charge >= 0.3 is 0 Å². The first kappa shape index (κ1) is 14.1. The van der Waals surface area contributed by atoms with E-state index in [1.807, 2.05) is 26.0 Å². The summed E-state index contributed by atoms with van der Waals surface area (Å²) in [6.45, 7) is 5.22. The van der Waals surface area contributed by atoms with Crippen LogP contribution in [0.2, 0.25) is 0 Å². The highest BCUT2D eigenvalue weighted by Gasteiger charge is 2.18. The Bertz CT molecular complexity index is 479. The number of amides is 1. The number of benzene rings is 1. The van der Waals surface area contributed by atoms with E-state index in [0.29, 0.717) is 13.1 Å². The summed E-state index contributed by atoms with van der Waals surface area (Å²) in [4.78, 5) is 11.6. The molecule has 104 valence electrons. The minimum atomic E-state index is -0.232. The van der Waals surface area contributed by atoms with E-state index in [-0.39, 0.29) is 18.7 Å². The topological polar surface area (TPSA) is 59.6 Å². The molecule has 1 unspecified atom stereocenters. The van der Waals surface area contributed by atoms with E-state index in [1.54, 1.807) is 0 Å². The lowest BCUT2D eigenvalue weighted by Crippen LogP contribution is -2.41. The minimum Gasteiger partial charge on any atom is -0.454 e. The van der Waals surface area contributed by atoms with Crippen LogP contribution in [0.4, 0.5) is 0 Å². The summed E-state index contributed by atoms with van der Waals surface area (Å²) in [7, 11) is 0. The Labute approximate surface area is 120 Å². The van der Waals surface area contributed by atoms with E-state index >= 15 is 0 Å². The molecular weight excluding hydrogens is 312 g/mol. The minimum absolute atomic E-state index is 0.00214. The van der Waals surface area contributed by atoms with Gasteiger partial charge in [0.25, 0.3) is 0 Å². The van der Waals surface area contributed by atoms with Crippen molar-refractivity contribution in [2.45, 2.75) is 26.4 Å². The van der Waals surface area contributed by atoms with Crippen molar-refractivity contribution in [1.29, 1.82) is 0 Å². The fourth-order valence-electron chi connectivity index (χ4n) is 1.81. The van der Waals surface area contributed by atoms with Crippen molar-refractivity contribution in [2.24, 2.45) is 0 Å². The van der Waals surface area contributed by atoms with Gasteiger partial charge < -0.3 is 20.1 Å². The third-order valence-corrected chi connectivity index (χ3v) is 3.43. The predicted octanol–water partition coefficient (Wildman–Crippen LogP) is 1.79. The second-order valence-corrected chi connectivity index (χ2v) is 5.16. The van der Waals surface area contributed by atoms with Crippen molar-refractivity contribution < 1.29 is 14.3 Å². The first-order valence-corrected chi connectivity index (χ1v) is 7.00. The van der Waals surface area contributed by atoms with Crippen LogP contribution in [0.25, 0.3) is 0 Å². The van der Waals surface area contributed by atoms with Crippen LogP contribution in [-0.4, -0.2) is 25.3 Å². The molecule has 1 amide bonds. The molecule has 0 fully saturated rings. The van der Waals surface area contributed by atoms with E-state index in [4.69, 9.17) is 9.47 Å². The largest absolute Gasteiger partial charge is 0.454 e. The maximum Gasteiger partial charge on any atom is 0.236 e. The number of ether oxygens (including phenoxy) is 2. The van der Waals surface area contributed by atoms with Crippen molar-refractivity contribution in [3.8, 4) is 11.5 Å². The van der Waals surface area contributed by atoms with Gasteiger partial charge in [-0.2, -0.15) is 0 Å². The Kier molecular flexibility index (Phi) is 4.66. The van der Waals surface area contributed by atoms with E-state index < -0.39 is 0 Å². The Hall–Kier alpha value is -1.27. The lowest BCUT2D eigenvalue weighted by atomic mass is 10.2. The lowest BCUT2D eigenvalue weighted by molar-refractivity contribution is -0.122. The van der Waals surface area contributed by atoms with Gasteiger partial charge in [-0.3, -0.25) is 4.79 Å². The van der Waals surface area contributed by atoms with Crippen LogP contribution in [0.3, 0.4) is 0 Å². The van der Waals surface area contributed by atoms with Crippen LogP contribution in [-0.2, 0) is 11.3 Å². The van der Waals surface area contributed by atoms with Crippen molar-refractivity contribution in [2.75, 3.05) is 13.3 Å². The number of hydrogen-bond donors (Lipinski definition) is 2. The first-order valence-electron chi connectivity index (χ1n) is 6.21. The van der Waals surface area contributed by atoms with Crippen LogP contribution < -0.4 is 20.1 Å². The van der Waals surface area contributed by atoms with Crippen LogP contribution in [0.1, 0.15) is 19.4 Å². The molecule has 0 aliphatic carbocycles. The molecular formula is C13H17BrN2O3. The number of likely N-dealkylation sites (N-methyl/N-ethyl adjacent to an activating group) is 1. The predicted molar refractivity (Wildman–Crippen MR) is 75.3 cm³/mol. The third-order valence-electron chi connectivity index (χ3n) is 2.84. The second kappa shape index (κ2) is 6.25. The SMILES string of the molecule is CCNC(=O)C(C)NCc1cc(Br)c2c(c1)OCO2. The Morgan fingerprint density at radius 1 is 1.47 bits per heavy atom. The van der Waals surface area contributed by atoms with Crippen molar-refractivity contribution in [3.63, 3.8) is 0 Å². The number of carbonyl (C=O) groups is 1. The van der Waals surface area contributed by atoms with Crippen LogP contribution >= 0.6 is 15.9 Å². The highest BCUT2D eigenvalue weighted by Crippen LogP contribution is 2.39.